The van der Waals surface area contributed by atoms with Crippen molar-refractivity contribution in [3.63, 3.8) is 0 Å². The fourth-order valence-electron chi connectivity index (χ4n) is 2.92. The van der Waals surface area contributed by atoms with Crippen LogP contribution in [0.5, 0.6) is 0 Å². The summed E-state index contributed by atoms with van der Waals surface area (Å²) in [6, 6.07) is -2.43. The van der Waals surface area contributed by atoms with Crippen LogP contribution in [-0.4, -0.2) is 65.0 Å². The third kappa shape index (κ3) is 6.17. The summed E-state index contributed by atoms with van der Waals surface area (Å²) < 4.78 is 0. The number of carbonyl (C=O) groups excluding carboxylic acids is 2. The molecule has 0 aliphatic carbocycles. The van der Waals surface area contributed by atoms with Gasteiger partial charge in [-0.3, -0.25) is 14.6 Å². The van der Waals surface area contributed by atoms with Gasteiger partial charge in [-0.05, 0) is 31.6 Å². The standard InChI is InChI=1S/C16H30N6O4/c1-9(2)12(15(25)26)21-13(23)11-6-4-8-22(11)14(24)10(17)5-3-7-20-16(18)19/h9-12H,3-8,17H2,1-2H3,(H,21,23)(H,25,26)(H4,18,19,20)/t10-,11-,12-/m0/s1. The first kappa shape index (κ1) is 21.7. The third-order valence-corrected chi connectivity index (χ3v) is 4.35. The van der Waals surface area contributed by atoms with Gasteiger partial charge in [-0.15, -0.1) is 0 Å². The molecule has 0 bridgehead atoms. The Morgan fingerprint density at radius 3 is 2.50 bits per heavy atom. The lowest BCUT2D eigenvalue weighted by Crippen LogP contribution is -2.54. The summed E-state index contributed by atoms with van der Waals surface area (Å²) in [5.41, 5.74) is 16.4. The molecule has 0 aromatic carbocycles. The van der Waals surface area contributed by atoms with Gasteiger partial charge in [0.25, 0.3) is 0 Å². The van der Waals surface area contributed by atoms with Crippen LogP contribution in [0.25, 0.3) is 0 Å². The molecule has 0 saturated carbocycles. The number of likely N-dealkylation sites (tertiary alicyclic amines) is 1. The minimum atomic E-state index is -1.10. The van der Waals surface area contributed by atoms with Crippen LogP contribution in [-0.2, 0) is 14.4 Å². The number of nitrogens with zero attached hydrogens (tertiary/aromatic N) is 2. The SMILES string of the molecule is CC(C)[C@H](NC(=O)[C@@H]1CCCN1C(=O)[C@@H](N)CCCN=C(N)N)C(=O)O. The summed E-state index contributed by atoms with van der Waals surface area (Å²) in [7, 11) is 0. The highest BCUT2D eigenvalue weighted by Crippen LogP contribution is 2.19. The number of amides is 2. The first-order valence-corrected chi connectivity index (χ1v) is 8.79. The quantitative estimate of drug-likeness (QED) is 0.188. The molecule has 0 unspecified atom stereocenters. The van der Waals surface area contributed by atoms with Crippen molar-refractivity contribution in [1.82, 2.24) is 10.2 Å². The number of carboxylic acid groups (broad SMARTS) is 1. The number of carbonyl (C=O) groups is 3. The Morgan fingerprint density at radius 1 is 1.31 bits per heavy atom. The lowest BCUT2D eigenvalue weighted by Gasteiger charge is -2.28. The van der Waals surface area contributed by atoms with Crippen molar-refractivity contribution in [2.75, 3.05) is 13.1 Å². The molecule has 0 aromatic heterocycles. The number of aliphatic carboxylic acids is 1. The van der Waals surface area contributed by atoms with E-state index in [0.29, 0.717) is 38.8 Å². The fraction of sp³-hybridized carbons (Fsp3) is 0.750. The molecule has 0 radical (unpaired) electrons. The van der Waals surface area contributed by atoms with Gasteiger partial charge in [-0.2, -0.15) is 0 Å². The van der Waals surface area contributed by atoms with E-state index in [0.717, 1.165) is 0 Å². The molecular formula is C16H30N6O4. The number of rotatable bonds is 9. The van der Waals surface area contributed by atoms with Crippen LogP contribution in [0.3, 0.4) is 0 Å². The number of nitrogens with two attached hydrogens (primary N) is 3. The van der Waals surface area contributed by atoms with Crippen molar-refractivity contribution in [2.45, 2.75) is 57.7 Å². The van der Waals surface area contributed by atoms with E-state index in [1.54, 1.807) is 13.8 Å². The van der Waals surface area contributed by atoms with Gasteiger partial charge in [0.2, 0.25) is 11.8 Å². The maximum absolute atomic E-state index is 12.6. The second-order valence-corrected chi connectivity index (χ2v) is 6.81. The summed E-state index contributed by atoms with van der Waals surface area (Å²) in [6.45, 7) is 4.23. The number of hydrogen-bond acceptors (Lipinski definition) is 5. The molecule has 10 heteroatoms. The highest BCUT2D eigenvalue weighted by atomic mass is 16.4. The highest BCUT2D eigenvalue weighted by molar-refractivity contribution is 5.92. The highest BCUT2D eigenvalue weighted by Gasteiger charge is 2.37. The van der Waals surface area contributed by atoms with E-state index in [1.165, 1.54) is 4.90 Å². The van der Waals surface area contributed by atoms with Crippen molar-refractivity contribution in [2.24, 2.45) is 28.1 Å². The molecule has 1 fully saturated rings. The van der Waals surface area contributed by atoms with Gasteiger partial charge < -0.3 is 32.5 Å². The van der Waals surface area contributed by atoms with E-state index in [-0.39, 0.29) is 17.8 Å². The Balaban J connectivity index is 2.65. The van der Waals surface area contributed by atoms with Crippen molar-refractivity contribution in [3.05, 3.63) is 0 Å². The lowest BCUT2D eigenvalue weighted by molar-refractivity contribution is -0.145. The van der Waals surface area contributed by atoms with E-state index < -0.39 is 30.0 Å². The molecule has 1 rings (SSSR count). The Hall–Kier alpha value is -2.36. The number of hydrogen-bond donors (Lipinski definition) is 5. The zero-order chi connectivity index (χ0) is 19.9. The first-order valence-electron chi connectivity index (χ1n) is 8.79. The molecule has 1 aliphatic heterocycles. The zero-order valence-electron chi connectivity index (χ0n) is 15.4. The number of carboxylic acids is 1. The molecule has 10 nitrogen and oxygen atoms in total. The molecule has 26 heavy (non-hydrogen) atoms. The summed E-state index contributed by atoms with van der Waals surface area (Å²) in [6.07, 6.45) is 2.10. The van der Waals surface area contributed by atoms with Crippen LogP contribution in [0.2, 0.25) is 0 Å². The van der Waals surface area contributed by atoms with Crippen molar-refractivity contribution >= 4 is 23.7 Å². The summed E-state index contributed by atoms with van der Waals surface area (Å²) >= 11 is 0. The van der Waals surface area contributed by atoms with Crippen molar-refractivity contribution < 1.29 is 19.5 Å². The van der Waals surface area contributed by atoms with Crippen LogP contribution >= 0.6 is 0 Å². The zero-order valence-corrected chi connectivity index (χ0v) is 15.4. The Bertz CT molecular complexity index is 547. The van der Waals surface area contributed by atoms with E-state index in [1.807, 2.05) is 0 Å². The second-order valence-electron chi connectivity index (χ2n) is 6.81. The minimum absolute atomic E-state index is 0.0145. The average Bonchev–Trinajstić information content (AvgIpc) is 3.04. The van der Waals surface area contributed by atoms with E-state index in [9.17, 15) is 19.5 Å². The molecular weight excluding hydrogens is 340 g/mol. The van der Waals surface area contributed by atoms with Crippen LogP contribution in [0.15, 0.2) is 4.99 Å². The maximum atomic E-state index is 12.6. The van der Waals surface area contributed by atoms with Crippen LogP contribution in [0.4, 0.5) is 0 Å². The predicted molar refractivity (Wildman–Crippen MR) is 97.0 cm³/mol. The smallest absolute Gasteiger partial charge is 0.326 e. The van der Waals surface area contributed by atoms with Gasteiger partial charge in [0.1, 0.15) is 12.1 Å². The maximum Gasteiger partial charge on any atom is 0.326 e. The normalized spacial score (nSPS) is 19.1. The fourth-order valence-corrected chi connectivity index (χ4v) is 2.92. The third-order valence-electron chi connectivity index (χ3n) is 4.35. The molecule has 148 valence electrons. The number of guanidine groups is 1. The second kappa shape index (κ2) is 9.95. The van der Waals surface area contributed by atoms with Crippen LogP contribution in [0.1, 0.15) is 39.5 Å². The molecule has 1 saturated heterocycles. The summed E-state index contributed by atoms with van der Waals surface area (Å²) in [5, 5.41) is 11.7. The molecule has 1 heterocycles. The average molecular weight is 370 g/mol. The van der Waals surface area contributed by atoms with Gasteiger partial charge in [-0.1, -0.05) is 13.8 Å². The van der Waals surface area contributed by atoms with Gasteiger partial charge >= 0.3 is 5.97 Å². The summed E-state index contributed by atoms with van der Waals surface area (Å²) in [4.78, 5) is 41.6. The Morgan fingerprint density at radius 2 is 1.96 bits per heavy atom. The van der Waals surface area contributed by atoms with Gasteiger partial charge in [-0.25, -0.2) is 4.79 Å². The van der Waals surface area contributed by atoms with Gasteiger partial charge in [0, 0.05) is 13.1 Å². The molecule has 0 aromatic rings. The topological polar surface area (TPSA) is 177 Å². The monoisotopic (exact) mass is 370 g/mol. The van der Waals surface area contributed by atoms with Gasteiger partial charge in [0.15, 0.2) is 5.96 Å². The molecule has 8 N–H and O–H groups in total. The predicted octanol–water partition coefficient (Wildman–Crippen LogP) is -1.42. The van der Waals surface area contributed by atoms with E-state index >= 15 is 0 Å². The first-order chi connectivity index (χ1) is 12.1. The lowest BCUT2D eigenvalue weighted by atomic mass is 10.0. The number of aliphatic imine (C=N–C) groups is 1. The van der Waals surface area contributed by atoms with Crippen molar-refractivity contribution in [3.8, 4) is 0 Å². The van der Waals surface area contributed by atoms with Crippen LogP contribution in [0, 0.1) is 5.92 Å². The molecule has 2 amide bonds. The summed E-state index contributed by atoms with van der Waals surface area (Å²) in [5.74, 6) is -2.15. The van der Waals surface area contributed by atoms with Crippen LogP contribution < -0.4 is 22.5 Å². The van der Waals surface area contributed by atoms with E-state index in [4.69, 9.17) is 17.2 Å². The minimum Gasteiger partial charge on any atom is -0.480 e. The largest absolute Gasteiger partial charge is 0.480 e. The van der Waals surface area contributed by atoms with Crippen molar-refractivity contribution in [1.29, 1.82) is 0 Å². The molecule has 1 aliphatic rings. The molecule has 0 spiro atoms. The Kier molecular flexibility index (Phi) is 8.30. The van der Waals surface area contributed by atoms with E-state index in [2.05, 4.69) is 10.3 Å². The Labute approximate surface area is 153 Å². The van der Waals surface area contributed by atoms with Gasteiger partial charge in [0.05, 0.1) is 6.04 Å². The molecule has 3 atom stereocenters. The number of nitrogens with one attached hydrogen (secondary N) is 1.